The second-order valence-corrected chi connectivity index (χ2v) is 2.44. The van der Waals surface area contributed by atoms with Crippen LogP contribution in [-0.2, 0) is 0 Å². The van der Waals surface area contributed by atoms with Crippen LogP contribution in [0.2, 0.25) is 0 Å². The van der Waals surface area contributed by atoms with Crippen molar-refractivity contribution in [3.8, 4) is 5.88 Å². The number of rotatable bonds is 2. The average Bonchev–Trinajstić information content (AvgIpc) is 2.13. The summed E-state index contributed by atoms with van der Waals surface area (Å²) in [6.45, 7) is 4.01. The fourth-order valence-corrected chi connectivity index (χ4v) is 0.681. The molecule has 3 N–H and O–H groups in total. The predicted molar refractivity (Wildman–Crippen MR) is 39.0 cm³/mol. The van der Waals surface area contributed by atoms with Crippen LogP contribution in [0, 0.1) is 0 Å². The Morgan fingerprint density at radius 2 is 2.27 bits per heavy atom. The summed E-state index contributed by atoms with van der Waals surface area (Å²) in [4.78, 5) is 0. The Bertz CT molecular complexity index is 211. The van der Waals surface area contributed by atoms with Crippen LogP contribution >= 0.6 is 0 Å². The third kappa shape index (κ3) is 2.26. The van der Waals surface area contributed by atoms with Gasteiger partial charge in [-0.15, -0.1) is 0 Å². The molecular formula is C6H11EsN3O. The Morgan fingerprint density at radius 3 is 2.64 bits per heavy atom. The quantitative estimate of drug-likeness (QED) is 0.701. The molecule has 0 aliphatic rings. The van der Waals surface area contributed by atoms with Crippen molar-refractivity contribution in [1.29, 1.82) is 0 Å². The van der Waals surface area contributed by atoms with Gasteiger partial charge < -0.3 is 10.4 Å². The first-order valence-corrected chi connectivity index (χ1v) is 3.19. The molecule has 1 rings (SSSR count). The van der Waals surface area contributed by atoms with Crippen molar-refractivity contribution in [3.63, 3.8) is 0 Å². The van der Waals surface area contributed by atoms with Crippen molar-refractivity contribution < 1.29 is 5.11 Å². The molecule has 0 amide bonds. The molecule has 1 radical (unpaired) electrons. The van der Waals surface area contributed by atoms with E-state index < -0.39 is 0 Å². The van der Waals surface area contributed by atoms with Crippen LogP contribution in [0.5, 0.6) is 5.88 Å². The molecule has 0 unspecified atom stereocenters. The standard InChI is InChI=1S/C6H11N3O.Es/c1-4(2)7-5-3-6(10)9-8-5;/h3-4H,1-2H3,(H3,7,8,9,10);. The van der Waals surface area contributed by atoms with E-state index in [1.54, 1.807) is 6.07 Å². The van der Waals surface area contributed by atoms with Crippen LogP contribution in [0.15, 0.2) is 6.07 Å². The molecule has 1 aromatic rings. The Morgan fingerprint density at radius 1 is 1.64 bits per heavy atom. The number of nitrogens with one attached hydrogen (secondary N) is 2. The molecular weight excluding hydrogens is 382 g/mol. The third-order valence-corrected chi connectivity index (χ3v) is 1.00. The van der Waals surface area contributed by atoms with E-state index in [0.717, 1.165) is 0 Å². The molecule has 0 spiro atoms. The maximum Gasteiger partial charge on any atom is 0.208 e. The van der Waals surface area contributed by atoms with Gasteiger partial charge in [-0.2, -0.15) is 5.10 Å². The number of anilines is 1. The summed E-state index contributed by atoms with van der Waals surface area (Å²) in [6.07, 6.45) is 0. The molecule has 0 fully saturated rings. The van der Waals surface area contributed by atoms with E-state index in [4.69, 9.17) is 5.11 Å². The van der Waals surface area contributed by atoms with Gasteiger partial charge >= 0.3 is 0 Å². The van der Waals surface area contributed by atoms with Crippen molar-refractivity contribution in [2.45, 2.75) is 19.9 Å². The van der Waals surface area contributed by atoms with Gasteiger partial charge in [0.25, 0.3) is 0 Å². The summed E-state index contributed by atoms with van der Waals surface area (Å²) >= 11 is 0. The number of nitrogens with zero attached hydrogens (tertiary/aromatic N) is 1. The van der Waals surface area contributed by atoms with Gasteiger partial charge in [0.05, 0.1) is 0 Å². The predicted octanol–water partition coefficient (Wildman–Crippen LogP) is 0.936. The van der Waals surface area contributed by atoms with Crippen molar-refractivity contribution in [2.24, 2.45) is 0 Å². The zero-order valence-corrected chi connectivity index (χ0v) is 8.86. The minimum Gasteiger partial charge on any atom is -0.494 e. The summed E-state index contributed by atoms with van der Waals surface area (Å²) in [5, 5.41) is 18.0. The molecule has 0 aliphatic carbocycles. The van der Waals surface area contributed by atoms with E-state index >= 15 is 0 Å². The topological polar surface area (TPSA) is 60.9 Å². The van der Waals surface area contributed by atoms with Crippen molar-refractivity contribution in [3.05, 3.63) is 6.07 Å². The Kier molecular flexibility index (Phi) is 2.48. The third-order valence-electron chi connectivity index (χ3n) is 1.00. The van der Waals surface area contributed by atoms with Gasteiger partial charge in [-0.05, 0) is 13.8 Å². The Hall–Kier alpha value is -2.19. The largest absolute Gasteiger partial charge is 0.494 e. The SMILES string of the molecule is CC(C)Nc1cc(O)[nH]n1.[Es]. The van der Waals surface area contributed by atoms with E-state index in [1.165, 1.54) is 0 Å². The summed E-state index contributed by atoms with van der Waals surface area (Å²) in [6, 6.07) is 1.88. The summed E-state index contributed by atoms with van der Waals surface area (Å²) in [5.41, 5.74) is 0. The van der Waals surface area contributed by atoms with Crippen LogP contribution in [0.4, 0.5) is 5.82 Å². The molecule has 1 aromatic heterocycles. The number of H-pyrrole nitrogens is 1. The molecule has 0 saturated heterocycles. The fourth-order valence-electron chi connectivity index (χ4n) is 0.681. The van der Waals surface area contributed by atoms with E-state index in [-0.39, 0.29) is 5.88 Å². The molecule has 0 aromatic carbocycles. The van der Waals surface area contributed by atoms with Crippen LogP contribution < -0.4 is 5.32 Å². The molecule has 0 atom stereocenters. The number of aromatic hydroxyl groups is 1. The Balaban J connectivity index is 0.000001000. The number of aromatic nitrogens is 2. The minimum atomic E-state index is 0. The number of hydrogen-bond acceptors (Lipinski definition) is 3. The molecule has 67 valence electrons. The summed E-state index contributed by atoms with van der Waals surface area (Å²) < 4.78 is 0. The second-order valence-electron chi connectivity index (χ2n) is 2.44. The van der Waals surface area contributed by atoms with E-state index in [0.29, 0.717) is 11.9 Å². The maximum absolute atomic E-state index is 8.81. The van der Waals surface area contributed by atoms with Crippen LogP contribution in [0.25, 0.3) is 0 Å². The van der Waals surface area contributed by atoms with Gasteiger partial charge in [0.1, 0.15) is 0 Å². The number of hydrogen-bond donors (Lipinski definition) is 3. The maximum atomic E-state index is 8.81. The molecule has 5 heteroatoms. The first-order chi connectivity index (χ1) is 4.68. The molecule has 1 heterocycles. The van der Waals surface area contributed by atoms with Crippen molar-refractivity contribution >= 4 is 5.82 Å². The van der Waals surface area contributed by atoms with E-state index in [2.05, 4.69) is 15.5 Å². The first-order valence-electron chi connectivity index (χ1n) is 3.19. The van der Waals surface area contributed by atoms with Gasteiger partial charge in [-0.1, -0.05) is 0 Å². The summed E-state index contributed by atoms with van der Waals surface area (Å²) in [5.74, 6) is 0.760. The normalized spacial score (nSPS) is 9.36. The molecule has 0 saturated carbocycles. The Labute approximate surface area is 59.3 Å². The molecule has 0 bridgehead atoms. The van der Waals surface area contributed by atoms with Crippen LogP contribution in [-0.4, -0.2) is 21.3 Å². The van der Waals surface area contributed by atoms with Gasteiger partial charge in [0.2, 0.25) is 5.88 Å². The van der Waals surface area contributed by atoms with Gasteiger partial charge in [0, 0.05) is 12.1 Å². The fraction of sp³-hybridized carbons (Fsp3) is 0.500. The second kappa shape index (κ2) is 3.10. The minimum absolute atomic E-state index is 0. The van der Waals surface area contributed by atoms with E-state index in [9.17, 15) is 0 Å². The number of aromatic amines is 1. The molecule has 0 aliphatic heterocycles. The zero-order valence-electron chi connectivity index (χ0n) is 6.35. The van der Waals surface area contributed by atoms with Crippen LogP contribution in [0.1, 0.15) is 13.8 Å². The first kappa shape index (κ1) is 8.81. The molecule has 4 nitrogen and oxygen atoms in total. The average molecular weight is 393 g/mol. The zero-order chi connectivity index (χ0) is 7.56. The smallest absolute Gasteiger partial charge is 0.208 e. The van der Waals surface area contributed by atoms with E-state index in [1.807, 2.05) is 13.8 Å². The van der Waals surface area contributed by atoms with Gasteiger partial charge in [0.15, 0.2) is 5.82 Å². The summed E-state index contributed by atoms with van der Waals surface area (Å²) in [7, 11) is 0. The monoisotopic (exact) mass is 393 g/mol. The molecule has 11 heavy (non-hydrogen) atoms. The van der Waals surface area contributed by atoms with Gasteiger partial charge in [-0.3, -0.25) is 0 Å². The van der Waals surface area contributed by atoms with Gasteiger partial charge in [-0.25, -0.2) is 5.10 Å². The van der Waals surface area contributed by atoms with Crippen molar-refractivity contribution in [2.75, 3.05) is 5.32 Å². The van der Waals surface area contributed by atoms with Crippen LogP contribution in [0.3, 0.4) is 0 Å². The van der Waals surface area contributed by atoms with Crippen molar-refractivity contribution in [1.82, 2.24) is 10.2 Å².